The van der Waals surface area contributed by atoms with Crippen LogP contribution in [-0.2, 0) is 12.8 Å². The molecule has 1 N–H and O–H groups in total. The van der Waals surface area contributed by atoms with E-state index in [0.29, 0.717) is 12.8 Å². The summed E-state index contributed by atoms with van der Waals surface area (Å²) in [6.07, 6.45) is 3.55. The first-order valence-electron chi connectivity index (χ1n) is 6.59. The molecular weight excluding hydrogens is 318 g/mol. The highest BCUT2D eigenvalue weighted by atomic mass is 79.9. The van der Waals surface area contributed by atoms with E-state index in [-0.39, 0.29) is 6.10 Å². The average Bonchev–Trinajstić information content (AvgIpc) is 2.46. The van der Waals surface area contributed by atoms with Gasteiger partial charge < -0.3 is 9.84 Å². The van der Waals surface area contributed by atoms with E-state index in [2.05, 4.69) is 20.9 Å². The van der Waals surface area contributed by atoms with Gasteiger partial charge in [-0.15, -0.1) is 0 Å². The first-order chi connectivity index (χ1) is 9.69. The second-order valence-corrected chi connectivity index (χ2v) is 5.54. The average molecular weight is 336 g/mol. The third-order valence-electron chi connectivity index (χ3n) is 3.15. The fourth-order valence-electron chi connectivity index (χ4n) is 2.07. The van der Waals surface area contributed by atoms with Crippen molar-refractivity contribution in [2.24, 2.45) is 0 Å². The van der Waals surface area contributed by atoms with Gasteiger partial charge in [0, 0.05) is 11.9 Å². The van der Waals surface area contributed by atoms with Crippen LogP contribution in [0.15, 0.2) is 47.1 Å². The molecule has 0 aliphatic rings. The smallest absolute Gasteiger partial charge is 0.133 e. The summed E-state index contributed by atoms with van der Waals surface area (Å²) in [4.78, 5) is 4.26. The maximum absolute atomic E-state index is 10.1. The topological polar surface area (TPSA) is 42.4 Å². The van der Waals surface area contributed by atoms with E-state index in [9.17, 15) is 5.11 Å². The quantitative estimate of drug-likeness (QED) is 0.879. The number of ether oxygens (including phenoxy) is 1. The zero-order valence-corrected chi connectivity index (χ0v) is 13.0. The molecule has 0 saturated heterocycles. The lowest BCUT2D eigenvalue weighted by Crippen LogP contribution is -2.12. The molecule has 4 heteroatoms. The van der Waals surface area contributed by atoms with Gasteiger partial charge >= 0.3 is 0 Å². The maximum atomic E-state index is 10.1. The number of benzene rings is 1. The number of aromatic nitrogens is 1. The summed E-state index contributed by atoms with van der Waals surface area (Å²) in [5.41, 5.74) is 2.11. The number of rotatable bonds is 6. The molecule has 1 heterocycles. The summed E-state index contributed by atoms with van der Waals surface area (Å²) in [6.45, 7) is 0. The third-order valence-corrected chi connectivity index (χ3v) is 3.77. The van der Waals surface area contributed by atoms with Gasteiger partial charge in [0.15, 0.2) is 0 Å². The predicted molar refractivity (Wildman–Crippen MR) is 83.0 cm³/mol. The first kappa shape index (κ1) is 15.0. The molecule has 0 radical (unpaired) electrons. The lowest BCUT2D eigenvalue weighted by Gasteiger charge is -2.11. The fraction of sp³-hybridized carbons (Fsp3) is 0.312. The van der Waals surface area contributed by atoms with Crippen molar-refractivity contribution in [1.29, 1.82) is 0 Å². The maximum Gasteiger partial charge on any atom is 0.133 e. The second kappa shape index (κ2) is 7.41. The van der Waals surface area contributed by atoms with Crippen LogP contribution in [0.1, 0.15) is 17.7 Å². The molecule has 106 valence electrons. The summed E-state index contributed by atoms with van der Waals surface area (Å²) in [7, 11) is 1.64. The Balaban J connectivity index is 1.88. The Labute approximate surface area is 127 Å². The molecular formula is C16H18BrNO2. The molecule has 2 aromatic rings. The van der Waals surface area contributed by atoms with Gasteiger partial charge in [-0.3, -0.25) is 4.98 Å². The molecule has 0 fully saturated rings. The molecule has 20 heavy (non-hydrogen) atoms. The minimum absolute atomic E-state index is 0.364. The number of aliphatic hydroxyl groups excluding tert-OH is 1. The highest BCUT2D eigenvalue weighted by Crippen LogP contribution is 2.26. The Kier molecular flexibility index (Phi) is 5.56. The van der Waals surface area contributed by atoms with Crippen molar-refractivity contribution in [2.75, 3.05) is 7.11 Å². The van der Waals surface area contributed by atoms with Crippen molar-refractivity contribution in [3.8, 4) is 5.75 Å². The first-order valence-corrected chi connectivity index (χ1v) is 7.38. The number of hydrogen-bond donors (Lipinski definition) is 1. The third kappa shape index (κ3) is 4.32. The van der Waals surface area contributed by atoms with E-state index >= 15 is 0 Å². The largest absolute Gasteiger partial charge is 0.496 e. The molecule has 1 aromatic carbocycles. The van der Waals surface area contributed by atoms with Crippen LogP contribution in [0.5, 0.6) is 5.75 Å². The van der Waals surface area contributed by atoms with Crippen LogP contribution >= 0.6 is 15.9 Å². The van der Waals surface area contributed by atoms with Crippen LogP contribution in [-0.4, -0.2) is 23.3 Å². The second-order valence-electron chi connectivity index (χ2n) is 4.69. The van der Waals surface area contributed by atoms with Crippen LogP contribution in [0.2, 0.25) is 0 Å². The minimum atomic E-state index is -0.364. The van der Waals surface area contributed by atoms with Crippen molar-refractivity contribution < 1.29 is 9.84 Å². The number of halogens is 1. The predicted octanol–water partition coefficient (Wildman–Crippen LogP) is 3.39. The number of aryl methyl sites for hydroxylation is 1. The standard InChI is InChI=1S/C16H18BrNO2/c1-20-16-8-5-12(11-15(16)17)10-14(19)7-6-13-4-2-3-9-18-13/h2-5,8-9,11,14,19H,6-7,10H2,1H3. The van der Waals surface area contributed by atoms with Gasteiger partial charge in [-0.05, 0) is 65.0 Å². The van der Waals surface area contributed by atoms with Crippen LogP contribution in [0.25, 0.3) is 0 Å². The summed E-state index contributed by atoms with van der Waals surface area (Å²) < 4.78 is 6.10. The fourth-order valence-corrected chi connectivity index (χ4v) is 2.66. The van der Waals surface area contributed by atoms with Gasteiger partial charge in [0.2, 0.25) is 0 Å². The molecule has 0 aliphatic heterocycles. The monoisotopic (exact) mass is 335 g/mol. The summed E-state index contributed by atoms with van der Waals surface area (Å²) in [5, 5.41) is 10.1. The molecule has 0 aliphatic carbocycles. The van der Waals surface area contributed by atoms with E-state index in [1.165, 1.54) is 0 Å². The summed E-state index contributed by atoms with van der Waals surface area (Å²) >= 11 is 3.46. The summed E-state index contributed by atoms with van der Waals surface area (Å²) in [5.74, 6) is 0.803. The van der Waals surface area contributed by atoms with E-state index in [0.717, 1.165) is 27.9 Å². The molecule has 1 unspecified atom stereocenters. The molecule has 0 bridgehead atoms. The van der Waals surface area contributed by atoms with Crippen LogP contribution < -0.4 is 4.74 Å². The Hall–Kier alpha value is -1.39. The van der Waals surface area contributed by atoms with Crippen molar-refractivity contribution in [3.63, 3.8) is 0 Å². The van der Waals surface area contributed by atoms with Gasteiger partial charge in [0.25, 0.3) is 0 Å². The molecule has 3 nitrogen and oxygen atoms in total. The Morgan fingerprint density at radius 3 is 2.80 bits per heavy atom. The van der Waals surface area contributed by atoms with Crippen LogP contribution in [0.3, 0.4) is 0 Å². The van der Waals surface area contributed by atoms with E-state index in [1.807, 2.05) is 36.4 Å². The van der Waals surface area contributed by atoms with Gasteiger partial charge in [0.05, 0.1) is 17.7 Å². The highest BCUT2D eigenvalue weighted by Gasteiger charge is 2.08. The van der Waals surface area contributed by atoms with Gasteiger partial charge in [0.1, 0.15) is 5.75 Å². The van der Waals surface area contributed by atoms with E-state index in [1.54, 1.807) is 13.3 Å². The summed E-state index contributed by atoms with van der Waals surface area (Å²) in [6, 6.07) is 11.7. The van der Waals surface area contributed by atoms with Crippen molar-refractivity contribution >= 4 is 15.9 Å². The molecule has 2 rings (SSSR count). The van der Waals surface area contributed by atoms with Crippen molar-refractivity contribution in [2.45, 2.75) is 25.4 Å². The number of hydrogen-bond acceptors (Lipinski definition) is 3. The number of pyridine rings is 1. The Morgan fingerprint density at radius 2 is 2.15 bits per heavy atom. The molecule has 0 spiro atoms. The zero-order valence-electron chi connectivity index (χ0n) is 11.4. The molecule has 0 saturated carbocycles. The molecule has 1 atom stereocenters. The van der Waals surface area contributed by atoms with E-state index < -0.39 is 0 Å². The van der Waals surface area contributed by atoms with Gasteiger partial charge in [-0.1, -0.05) is 12.1 Å². The number of methoxy groups -OCH3 is 1. The van der Waals surface area contributed by atoms with Gasteiger partial charge in [-0.25, -0.2) is 0 Å². The lowest BCUT2D eigenvalue weighted by molar-refractivity contribution is 0.165. The number of aliphatic hydroxyl groups is 1. The van der Waals surface area contributed by atoms with Crippen LogP contribution in [0, 0.1) is 0 Å². The van der Waals surface area contributed by atoms with Crippen LogP contribution in [0.4, 0.5) is 0 Å². The number of nitrogens with zero attached hydrogens (tertiary/aromatic N) is 1. The highest BCUT2D eigenvalue weighted by molar-refractivity contribution is 9.10. The van der Waals surface area contributed by atoms with Crippen molar-refractivity contribution in [3.05, 3.63) is 58.3 Å². The van der Waals surface area contributed by atoms with E-state index in [4.69, 9.17) is 4.74 Å². The minimum Gasteiger partial charge on any atom is -0.496 e. The lowest BCUT2D eigenvalue weighted by atomic mass is 10.0. The SMILES string of the molecule is COc1ccc(CC(O)CCc2ccccn2)cc1Br. The van der Waals surface area contributed by atoms with Crippen molar-refractivity contribution in [1.82, 2.24) is 4.98 Å². The molecule has 0 amide bonds. The zero-order chi connectivity index (χ0) is 14.4. The Bertz CT molecular complexity index is 545. The molecule has 1 aromatic heterocycles. The normalized spacial score (nSPS) is 12.2. The van der Waals surface area contributed by atoms with Gasteiger partial charge in [-0.2, -0.15) is 0 Å². The Morgan fingerprint density at radius 1 is 1.30 bits per heavy atom.